The second kappa shape index (κ2) is 4.96. The van der Waals surface area contributed by atoms with E-state index in [0.29, 0.717) is 5.69 Å². The lowest BCUT2D eigenvalue weighted by molar-refractivity contribution is -0.182. The van der Waals surface area contributed by atoms with Gasteiger partial charge in [0.05, 0.1) is 12.0 Å². The molecule has 0 N–H and O–H groups in total. The van der Waals surface area contributed by atoms with E-state index < -0.39 is 25.1 Å². The largest absolute Gasteiger partial charge is 0.411 e. The van der Waals surface area contributed by atoms with Crippen LogP contribution in [0.3, 0.4) is 0 Å². The van der Waals surface area contributed by atoms with E-state index in [1.165, 1.54) is 0 Å². The fraction of sp³-hybridized carbons (Fsp3) is 0.500. The lowest BCUT2D eigenvalue weighted by Gasteiger charge is -2.09. The molecule has 4 nitrogen and oxygen atoms in total. The summed E-state index contributed by atoms with van der Waals surface area (Å²) in [6, 6.07) is 0. The van der Waals surface area contributed by atoms with Crippen molar-refractivity contribution in [1.29, 1.82) is 0 Å². The van der Waals surface area contributed by atoms with Gasteiger partial charge in [-0.1, -0.05) is 0 Å². The van der Waals surface area contributed by atoms with Gasteiger partial charge in [-0.15, -0.1) is 0 Å². The molecule has 0 saturated heterocycles. The van der Waals surface area contributed by atoms with Gasteiger partial charge in [-0.05, 0) is 22.9 Å². The van der Waals surface area contributed by atoms with Crippen LogP contribution in [-0.4, -0.2) is 22.3 Å². The Kier molecular flexibility index (Phi) is 4.09. The number of hydrogen-bond acceptors (Lipinski definition) is 3. The maximum absolute atomic E-state index is 11.8. The first-order valence-corrected chi connectivity index (χ1v) is 4.96. The highest BCUT2D eigenvalue weighted by Crippen LogP contribution is 2.14. The number of aromatic nitrogens is 2. The van der Waals surface area contributed by atoms with Crippen LogP contribution in [0.5, 0.6) is 0 Å². The van der Waals surface area contributed by atoms with Gasteiger partial charge in [0.15, 0.2) is 0 Å². The number of rotatable bonds is 3. The van der Waals surface area contributed by atoms with Crippen LogP contribution in [0.25, 0.3) is 0 Å². The summed E-state index contributed by atoms with van der Waals surface area (Å²) in [7, 11) is 0. The molecule has 1 aromatic rings. The van der Waals surface area contributed by atoms with Crippen LogP contribution >= 0.6 is 15.9 Å². The summed E-state index contributed by atoms with van der Waals surface area (Å²) in [6.07, 6.45) is -3.27. The maximum atomic E-state index is 11.8. The Morgan fingerprint density at radius 2 is 2.19 bits per heavy atom. The first-order chi connectivity index (χ1) is 7.31. The number of aryl methyl sites for hydroxylation is 1. The average Bonchev–Trinajstić information content (AvgIpc) is 2.16. The molecule has 0 atom stereocenters. The number of alkyl halides is 3. The molecule has 0 aromatic carbocycles. The quantitative estimate of drug-likeness (QED) is 0.856. The third-order valence-corrected chi connectivity index (χ3v) is 2.57. The van der Waals surface area contributed by atoms with Crippen LogP contribution in [0.4, 0.5) is 13.2 Å². The Morgan fingerprint density at radius 1 is 1.56 bits per heavy atom. The predicted molar refractivity (Wildman–Crippen MR) is 52.9 cm³/mol. The fourth-order valence-corrected chi connectivity index (χ4v) is 1.23. The molecule has 16 heavy (non-hydrogen) atoms. The molecule has 0 fully saturated rings. The van der Waals surface area contributed by atoms with Crippen molar-refractivity contribution in [3.05, 3.63) is 26.8 Å². The topological polar surface area (TPSA) is 44.1 Å². The highest BCUT2D eigenvalue weighted by Gasteiger charge is 2.27. The molecule has 0 aliphatic heterocycles. The van der Waals surface area contributed by atoms with E-state index in [4.69, 9.17) is 0 Å². The van der Waals surface area contributed by atoms with E-state index in [2.05, 4.69) is 25.7 Å². The van der Waals surface area contributed by atoms with Gasteiger partial charge in [-0.3, -0.25) is 9.36 Å². The van der Waals surface area contributed by atoms with Crippen LogP contribution in [0.1, 0.15) is 5.69 Å². The maximum Gasteiger partial charge on any atom is 0.411 e. The monoisotopic (exact) mass is 300 g/mol. The summed E-state index contributed by atoms with van der Waals surface area (Å²) in [5.41, 5.74) is -0.00764. The van der Waals surface area contributed by atoms with Crippen LogP contribution in [-0.2, 0) is 11.5 Å². The molecule has 0 aliphatic rings. The molecule has 0 saturated carbocycles. The molecule has 0 radical (unpaired) electrons. The summed E-state index contributed by atoms with van der Waals surface area (Å²) in [5.74, 6) is 0. The smallest absolute Gasteiger partial charge is 0.351 e. The zero-order valence-corrected chi connectivity index (χ0v) is 9.80. The lowest BCUT2D eigenvalue weighted by Crippen LogP contribution is -2.26. The minimum atomic E-state index is -4.40. The summed E-state index contributed by atoms with van der Waals surface area (Å²) in [4.78, 5) is 15.3. The Labute approximate surface area is 97.2 Å². The Hall–Kier alpha value is -0.890. The van der Waals surface area contributed by atoms with Gasteiger partial charge in [0.1, 0.15) is 17.8 Å². The Bertz CT molecular complexity index is 430. The third-order valence-electron chi connectivity index (χ3n) is 1.65. The molecule has 1 heterocycles. The summed E-state index contributed by atoms with van der Waals surface area (Å²) >= 11 is 2.99. The van der Waals surface area contributed by atoms with Crippen LogP contribution in [0.15, 0.2) is 15.6 Å². The first kappa shape index (κ1) is 13.2. The van der Waals surface area contributed by atoms with Gasteiger partial charge < -0.3 is 4.74 Å². The van der Waals surface area contributed by atoms with Crippen molar-refractivity contribution in [2.75, 3.05) is 6.61 Å². The second-order valence-electron chi connectivity index (χ2n) is 3.01. The number of nitrogens with zero attached hydrogens (tertiary/aromatic N) is 2. The zero-order chi connectivity index (χ0) is 12.3. The standard InChI is InChI=1S/C8H8BrF3N2O2/c1-5-6(9)7(15)14(3-13-5)4-16-2-8(10,11)12/h3H,2,4H2,1H3. The van der Waals surface area contributed by atoms with Crippen molar-refractivity contribution in [1.82, 2.24) is 9.55 Å². The summed E-state index contributed by atoms with van der Waals surface area (Å²) in [6.45, 7) is -0.276. The molecule has 8 heteroatoms. The van der Waals surface area contributed by atoms with E-state index in [0.717, 1.165) is 10.9 Å². The van der Waals surface area contributed by atoms with Crippen molar-refractivity contribution >= 4 is 15.9 Å². The number of halogens is 4. The van der Waals surface area contributed by atoms with Gasteiger partial charge in [0, 0.05) is 0 Å². The minimum absolute atomic E-state index is 0.214. The van der Waals surface area contributed by atoms with Gasteiger partial charge in [0.25, 0.3) is 5.56 Å². The normalized spacial score (nSPS) is 11.8. The average molecular weight is 301 g/mol. The van der Waals surface area contributed by atoms with Crippen LogP contribution in [0, 0.1) is 6.92 Å². The first-order valence-electron chi connectivity index (χ1n) is 4.17. The second-order valence-corrected chi connectivity index (χ2v) is 3.80. The van der Waals surface area contributed by atoms with Crippen molar-refractivity contribution in [2.24, 2.45) is 0 Å². The van der Waals surface area contributed by atoms with E-state index in [9.17, 15) is 18.0 Å². The molecular formula is C8H8BrF3N2O2. The Balaban J connectivity index is 2.69. The zero-order valence-electron chi connectivity index (χ0n) is 8.21. The SMILES string of the molecule is Cc1ncn(COCC(F)(F)F)c(=O)c1Br. The minimum Gasteiger partial charge on any atom is -0.351 e. The van der Waals surface area contributed by atoms with Crippen LogP contribution in [0.2, 0.25) is 0 Å². The number of hydrogen-bond donors (Lipinski definition) is 0. The van der Waals surface area contributed by atoms with Crippen molar-refractivity contribution < 1.29 is 17.9 Å². The highest BCUT2D eigenvalue weighted by atomic mass is 79.9. The molecule has 0 unspecified atom stereocenters. The molecule has 1 aromatic heterocycles. The molecule has 1 rings (SSSR count). The highest BCUT2D eigenvalue weighted by molar-refractivity contribution is 9.10. The molecule has 0 amide bonds. The van der Waals surface area contributed by atoms with Gasteiger partial charge in [-0.25, -0.2) is 4.98 Å². The van der Waals surface area contributed by atoms with Crippen molar-refractivity contribution in [2.45, 2.75) is 19.8 Å². The lowest BCUT2D eigenvalue weighted by atomic mass is 10.4. The summed E-state index contributed by atoms with van der Waals surface area (Å²) < 4.78 is 40.8. The predicted octanol–water partition coefficient (Wildman–Crippen LogP) is 1.85. The van der Waals surface area contributed by atoms with E-state index >= 15 is 0 Å². The van der Waals surface area contributed by atoms with Gasteiger partial charge >= 0.3 is 6.18 Å². The summed E-state index contributed by atoms with van der Waals surface area (Å²) in [5, 5.41) is 0. The molecule has 0 bridgehead atoms. The molecule has 90 valence electrons. The van der Waals surface area contributed by atoms with Crippen molar-refractivity contribution in [3.63, 3.8) is 0 Å². The van der Waals surface area contributed by atoms with Gasteiger partial charge in [-0.2, -0.15) is 13.2 Å². The molecule has 0 aliphatic carbocycles. The fourth-order valence-electron chi connectivity index (χ4n) is 0.898. The van der Waals surface area contributed by atoms with Gasteiger partial charge in [0.2, 0.25) is 0 Å². The number of ether oxygens (including phenoxy) is 1. The van der Waals surface area contributed by atoms with E-state index in [1.54, 1.807) is 6.92 Å². The third kappa shape index (κ3) is 3.60. The van der Waals surface area contributed by atoms with E-state index in [1.807, 2.05) is 0 Å². The molecule has 0 spiro atoms. The van der Waals surface area contributed by atoms with Crippen LogP contribution < -0.4 is 5.56 Å². The van der Waals surface area contributed by atoms with E-state index in [-0.39, 0.29) is 4.47 Å². The molecular weight excluding hydrogens is 293 g/mol. The Morgan fingerprint density at radius 3 is 2.75 bits per heavy atom. The van der Waals surface area contributed by atoms with Crippen molar-refractivity contribution in [3.8, 4) is 0 Å².